The van der Waals surface area contributed by atoms with Gasteiger partial charge in [-0.25, -0.2) is 0 Å². The molecule has 0 spiro atoms. The van der Waals surface area contributed by atoms with Gasteiger partial charge in [0, 0.05) is 12.6 Å². The maximum absolute atomic E-state index is 12.0. The first-order valence-electron chi connectivity index (χ1n) is 5.80. The number of halogens is 3. The van der Waals surface area contributed by atoms with Gasteiger partial charge in [-0.05, 0) is 37.4 Å². The Hall–Kier alpha value is -1.10. The number of aromatic nitrogens is 1. The van der Waals surface area contributed by atoms with E-state index in [0.717, 1.165) is 18.5 Å². The Morgan fingerprint density at radius 2 is 2.24 bits per heavy atom. The van der Waals surface area contributed by atoms with Gasteiger partial charge in [-0.2, -0.15) is 13.2 Å². The van der Waals surface area contributed by atoms with E-state index >= 15 is 0 Å². The van der Waals surface area contributed by atoms with Crippen LogP contribution in [0, 0.1) is 0 Å². The number of hydrogen-bond donors (Lipinski definition) is 1. The second-order valence-electron chi connectivity index (χ2n) is 4.31. The molecule has 0 aliphatic heterocycles. The van der Waals surface area contributed by atoms with E-state index < -0.39 is 12.6 Å². The molecule has 0 aromatic carbocycles. The molecule has 0 fully saturated rings. The number of aryl methyl sites for hydroxylation is 1. The minimum absolute atomic E-state index is 0.124. The third-order valence-electron chi connectivity index (χ3n) is 2.99. The monoisotopic (exact) mass is 244 g/mol. The first-order chi connectivity index (χ1) is 8.06. The van der Waals surface area contributed by atoms with Crippen molar-refractivity contribution in [3.8, 4) is 0 Å². The molecule has 0 radical (unpaired) electrons. The zero-order chi connectivity index (χ0) is 12.3. The predicted octanol–water partition coefficient (Wildman–Crippen LogP) is 3.00. The second kappa shape index (κ2) is 5.04. The first-order valence-corrected chi connectivity index (χ1v) is 5.80. The Kier molecular flexibility index (Phi) is 3.66. The van der Waals surface area contributed by atoms with Crippen LogP contribution >= 0.6 is 0 Å². The van der Waals surface area contributed by atoms with Crippen molar-refractivity contribution in [3.05, 3.63) is 29.6 Å². The highest BCUT2D eigenvalue weighted by Crippen LogP contribution is 2.29. The van der Waals surface area contributed by atoms with Crippen LogP contribution in [0.25, 0.3) is 0 Å². The van der Waals surface area contributed by atoms with E-state index in [9.17, 15) is 13.2 Å². The van der Waals surface area contributed by atoms with Crippen LogP contribution in [-0.2, 0) is 6.42 Å². The summed E-state index contributed by atoms with van der Waals surface area (Å²) in [6.45, 7) is 0.389. The van der Waals surface area contributed by atoms with Crippen molar-refractivity contribution in [3.63, 3.8) is 0 Å². The Labute approximate surface area is 98.2 Å². The Morgan fingerprint density at radius 3 is 3.00 bits per heavy atom. The number of rotatable bonds is 4. The van der Waals surface area contributed by atoms with Gasteiger partial charge in [0.2, 0.25) is 0 Å². The second-order valence-corrected chi connectivity index (χ2v) is 4.31. The lowest BCUT2D eigenvalue weighted by Gasteiger charge is -2.13. The summed E-state index contributed by atoms with van der Waals surface area (Å²) >= 11 is 0. The van der Waals surface area contributed by atoms with Gasteiger partial charge in [0.15, 0.2) is 0 Å². The summed E-state index contributed by atoms with van der Waals surface area (Å²) in [4.78, 5) is 4.28. The summed E-state index contributed by atoms with van der Waals surface area (Å²) in [6, 6.07) is 4.05. The van der Waals surface area contributed by atoms with Crippen LogP contribution in [0.15, 0.2) is 18.3 Å². The molecule has 0 saturated carbocycles. The molecule has 2 nitrogen and oxygen atoms in total. The van der Waals surface area contributed by atoms with Crippen molar-refractivity contribution >= 4 is 0 Å². The van der Waals surface area contributed by atoms with Gasteiger partial charge in [0.1, 0.15) is 0 Å². The number of nitrogens with zero attached hydrogens (tertiary/aromatic N) is 1. The summed E-state index contributed by atoms with van der Waals surface area (Å²) in [5.74, 6) is 0. The fraction of sp³-hybridized carbons (Fsp3) is 0.583. The summed E-state index contributed by atoms with van der Waals surface area (Å²) in [5.41, 5.74) is 2.21. The van der Waals surface area contributed by atoms with Gasteiger partial charge in [-0.15, -0.1) is 0 Å². The molecule has 1 aromatic rings. The number of hydrogen-bond acceptors (Lipinski definition) is 2. The molecule has 1 N–H and O–H groups in total. The maximum Gasteiger partial charge on any atom is 0.389 e. The molecule has 5 heteroatoms. The molecule has 0 amide bonds. The van der Waals surface area contributed by atoms with Crippen molar-refractivity contribution in [2.75, 3.05) is 6.54 Å². The van der Waals surface area contributed by atoms with Gasteiger partial charge < -0.3 is 5.32 Å². The molecule has 0 bridgehead atoms. The highest BCUT2D eigenvalue weighted by molar-refractivity contribution is 5.27. The smallest absolute Gasteiger partial charge is 0.309 e. The topological polar surface area (TPSA) is 24.9 Å². The first kappa shape index (κ1) is 12.4. The summed E-state index contributed by atoms with van der Waals surface area (Å²) in [6.07, 6.45) is -1.02. The molecule has 2 rings (SSSR count). The molecule has 1 unspecified atom stereocenters. The molecule has 17 heavy (non-hydrogen) atoms. The molecule has 1 heterocycles. The van der Waals surface area contributed by atoms with Crippen LogP contribution in [0.3, 0.4) is 0 Å². The van der Waals surface area contributed by atoms with E-state index in [1.807, 2.05) is 12.1 Å². The van der Waals surface area contributed by atoms with Crippen LogP contribution in [0.1, 0.15) is 36.6 Å². The van der Waals surface area contributed by atoms with Gasteiger partial charge >= 0.3 is 6.18 Å². The molecule has 1 aliphatic rings. The number of nitrogens with one attached hydrogen (secondary N) is 1. The average molecular weight is 244 g/mol. The standard InChI is InChI=1S/C12H15F3N2/c13-12(14,15)6-2-8-16-10-5-4-9-3-1-7-17-11(9)10/h1,3,7,10,16H,2,4-6,8H2. The molecule has 1 aromatic heterocycles. The largest absolute Gasteiger partial charge is 0.389 e. The number of pyridine rings is 1. The normalized spacial score (nSPS) is 19.4. The van der Waals surface area contributed by atoms with Crippen molar-refractivity contribution in [2.24, 2.45) is 0 Å². The van der Waals surface area contributed by atoms with Crippen molar-refractivity contribution in [2.45, 2.75) is 37.9 Å². The summed E-state index contributed by atoms with van der Waals surface area (Å²) < 4.78 is 35.9. The molecule has 0 saturated heterocycles. The highest BCUT2D eigenvalue weighted by atomic mass is 19.4. The minimum Gasteiger partial charge on any atom is -0.309 e. The Bertz CT molecular complexity index is 376. The van der Waals surface area contributed by atoms with Gasteiger partial charge in [0.25, 0.3) is 0 Å². The maximum atomic E-state index is 12.0. The lowest BCUT2D eigenvalue weighted by Crippen LogP contribution is -2.22. The van der Waals surface area contributed by atoms with Crippen molar-refractivity contribution in [1.29, 1.82) is 0 Å². The van der Waals surface area contributed by atoms with E-state index in [4.69, 9.17) is 0 Å². The van der Waals surface area contributed by atoms with Crippen LogP contribution in [-0.4, -0.2) is 17.7 Å². The van der Waals surface area contributed by atoms with E-state index in [1.165, 1.54) is 5.56 Å². The molecule has 1 aliphatic carbocycles. The van der Waals surface area contributed by atoms with E-state index in [2.05, 4.69) is 10.3 Å². The van der Waals surface area contributed by atoms with E-state index in [-0.39, 0.29) is 12.5 Å². The molecule has 94 valence electrons. The van der Waals surface area contributed by atoms with Crippen molar-refractivity contribution in [1.82, 2.24) is 10.3 Å². The summed E-state index contributed by atoms with van der Waals surface area (Å²) in [7, 11) is 0. The van der Waals surface area contributed by atoms with Crippen molar-refractivity contribution < 1.29 is 13.2 Å². The third kappa shape index (κ3) is 3.43. The van der Waals surface area contributed by atoms with Gasteiger partial charge in [-0.3, -0.25) is 4.98 Å². The van der Waals surface area contributed by atoms with Gasteiger partial charge in [-0.1, -0.05) is 6.07 Å². The van der Waals surface area contributed by atoms with E-state index in [1.54, 1.807) is 6.20 Å². The average Bonchev–Trinajstić information content (AvgIpc) is 2.67. The molecule has 1 atom stereocenters. The summed E-state index contributed by atoms with van der Waals surface area (Å²) in [5, 5.41) is 3.15. The SMILES string of the molecule is FC(F)(F)CCCNC1CCc2cccnc21. The van der Waals surface area contributed by atoms with Crippen LogP contribution in [0.5, 0.6) is 0 Å². The number of alkyl halides is 3. The highest BCUT2D eigenvalue weighted by Gasteiger charge is 2.27. The lowest BCUT2D eigenvalue weighted by atomic mass is 10.2. The van der Waals surface area contributed by atoms with Gasteiger partial charge in [0.05, 0.1) is 11.7 Å². The molecular formula is C12H15F3N2. The molecular weight excluding hydrogens is 229 g/mol. The number of fused-ring (bicyclic) bond motifs is 1. The van der Waals surface area contributed by atoms with Crippen LogP contribution < -0.4 is 5.32 Å². The Morgan fingerprint density at radius 1 is 1.41 bits per heavy atom. The lowest BCUT2D eigenvalue weighted by molar-refractivity contribution is -0.135. The van der Waals surface area contributed by atoms with E-state index in [0.29, 0.717) is 6.54 Å². The third-order valence-corrected chi connectivity index (χ3v) is 2.99. The zero-order valence-corrected chi connectivity index (χ0v) is 9.43. The zero-order valence-electron chi connectivity index (χ0n) is 9.43. The fourth-order valence-corrected chi connectivity index (χ4v) is 2.18. The minimum atomic E-state index is -4.05. The Balaban J connectivity index is 1.78. The fourth-order valence-electron chi connectivity index (χ4n) is 2.18. The van der Waals surface area contributed by atoms with Crippen LogP contribution in [0.4, 0.5) is 13.2 Å². The van der Waals surface area contributed by atoms with Crippen LogP contribution in [0.2, 0.25) is 0 Å². The predicted molar refractivity (Wildman–Crippen MR) is 58.6 cm³/mol. The quantitative estimate of drug-likeness (QED) is 0.823.